The van der Waals surface area contributed by atoms with Crippen molar-refractivity contribution in [3.63, 3.8) is 0 Å². The normalized spacial score (nSPS) is 13.6. The number of unbranched alkanes of at least 4 members (excludes halogenated alkanes) is 5. The molecule has 2 N–H and O–H groups in total. The molecule has 1 rings (SSSR count). The number of hydrogen-bond donors (Lipinski definition) is 1. The van der Waals surface area contributed by atoms with Gasteiger partial charge in [0.05, 0.1) is 25.0 Å². The lowest BCUT2D eigenvalue weighted by molar-refractivity contribution is -0.104. The van der Waals surface area contributed by atoms with E-state index in [1.165, 1.54) is 44.9 Å². The fraction of sp³-hybridized carbons (Fsp3) is 0.750. The molecule has 0 fully saturated rings. The van der Waals surface area contributed by atoms with Gasteiger partial charge in [-0.25, -0.2) is 0 Å². The second kappa shape index (κ2) is 10.9. The standard InChI is InChI=1S/C24H43NO2/c1-8-9-10-11-12-13-14-22(23(2,3)4)24(5,6)27-18-19-15-16-21(26-7)20(25)17-19/h15-17,22H,8-14,18,25H2,1-7H3. The van der Waals surface area contributed by atoms with Gasteiger partial charge in [0.15, 0.2) is 0 Å². The van der Waals surface area contributed by atoms with Crippen LogP contribution in [0.4, 0.5) is 5.69 Å². The van der Waals surface area contributed by atoms with Crippen LogP contribution in [-0.4, -0.2) is 12.7 Å². The van der Waals surface area contributed by atoms with Crippen LogP contribution in [0.1, 0.15) is 92.1 Å². The minimum absolute atomic E-state index is 0.184. The van der Waals surface area contributed by atoms with Gasteiger partial charge in [-0.3, -0.25) is 0 Å². The Bertz CT molecular complexity index is 546. The van der Waals surface area contributed by atoms with Gasteiger partial charge < -0.3 is 15.2 Å². The minimum atomic E-state index is -0.184. The molecule has 0 aromatic heterocycles. The molecule has 0 saturated carbocycles. The monoisotopic (exact) mass is 377 g/mol. The van der Waals surface area contributed by atoms with Gasteiger partial charge in [0.1, 0.15) is 5.75 Å². The maximum Gasteiger partial charge on any atom is 0.141 e. The molecule has 0 heterocycles. The highest BCUT2D eigenvalue weighted by molar-refractivity contribution is 5.54. The lowest BCUT2D eigenvalue weighted by Crippen LogP contribution is -2.42. The Balaban J connectivity index is 2.66. The molecule has 27 heavy (non-hydrogen) atoms. The fourth-order valence-corrected chi connectivity index (χ4v) is 4.20. The van der Waals surface area contributed by atoms with Crippen molar-refractivity contribution >= 4 is 5.69 Å². The van der Waals surface area contributed by atoms with Crippen molar-refractivity contribution in [2.45, 2.75) is 98.7 Å². The molecule has 156 valence electrons. The zero-order chi connectivity index (χ0) is 20.5. The average molecular weight is 378 g/mol. The maximum atomic E-state index is 6.43. The van der Waals surface area contributed by atoms with Crippen molar-refractivity contribution in [2.75, 3.05) is 12.8 Å². The summed E-state index contributed by atoms with van der Waals surface area (Å²) >= 11 is 0. The summed E-state index contributed by atoms with van der Waals surface area (Å²) in [6.45, 7) is 14.3. The molecular weight excluding hydrogens is 334 g/mol. The first kappa shape index (κ1) is 23.8. The van der Waals surface area contributed by atoms with Crippen LogP contribution in [0, 0.1) is 11.3 Å². The Morgan fingerprint density at radius 2 is 1.59 bits per heavy atom. The molecular formula is C24H43NO2. The first-order valence-electron chi connectivity index (χ1n) is 10.7. The zero-order valence-electron chi connectivity index (χ0n) is 18.9. The van der Waals surface area contributed by atoms with E-state index in [2.05, 4.69) is 41.5 Å². The predicted molar refractivity (Wildman–Crippen MR) is 117 cm³/mol. The third kappa shape index (κ3) is 8.13. The van der Waals surface area contributed by atoms with E-state index in [9.17, 15) is 0 Å². The predicted octanol–water partition coefficient (Wildman–Crippen LogP) is 6.99. The Hall–Kier alpha value is -1.22. The second-order valence-corrected chi connectivity index (χ2v) is 9.44. The first-order chi connectivity index (χ1) is 12.6. The highest BCUT2D eigenvalue weighted by atomic mass is 16.5. The van der Waals surface area contributed by atoms with Gasteiger partial charge in [0, 0.05) is 0 Å². The second-order valence-electron chi connectivity index (χ2n) is 9.44. The number of ether oxygens (including phenoxy) is 2. The fourth-order valence-electron chi connectivity index (χ4n) is 4.20. The molecule has 0 spiro atoms. The van der Waals surface area contributed by atoms with Crippen LogP contribution in [0.5, 0.6) is 5.75 Å². The Kier molecular flexibility index (Phi) is 9.66. The van der Waals surface area contributed by atoms with E-state index in [0.29, 0.717) is 24.0 Å². The van der Waals surface area contributed by atoms with Gasteiger partial charge in [0.25, 0.3) is 0 Å². The van der Waals surface area contributed by atoms with Crippen LogP contribution in [0.25, 0.3) is 0 Å². The topological polar surface area (TPSA) is 44.5 Å². The SMILES string of the molecule is CCCCCCCCC(C(C)(C)C)C(C)(C)OCc1ccc(OC)c(N)c1. The number of anilines is 1. The van der Waals surface area contributed by atoms with E-state index in [0.717, 1.165) is 5.56 Å². The molecule has 1 atom stereocenters. The van der Waals surface area contributed by atoms with Crippen molar-refractivity contribution < 1.29 is 9.47 Å². The molecule has 0 aliphatic rings. The average Bonchev–Trinajstić information content (AvgIpc) is 2.58. The molecule has 0 amide bonds. The largest absolute Gasteiger partial charge is 0.495 e. The van der Waals surface area contributed by atoms with E-state index in [1.54, 1.807) is 7.11 Å². The lowest BCUT2D eigenvalue weighted by Gasteiger charge is -2.43. The van der Waals surface area contributed by atoms with Crippen molar-refractivity contribution in [1.29, 1.82) is 0 Å². The molecule has 1 unspecified atom stereocenters. The molecule has 1 aromatic rings. The van der Waals surface area contributed by atoms with Crippen molar-refractivity contribution in [1.82, 2.24) is 0 Å². The quantitative estimate of drug-likeness (QED) is 0.315. The number of methoxy groups -OCH3 is 1. The summed E-state index contributed by atoms with van der Waals surface area (Å²) < 4.78 is 11.7. The van der Waals surface area contributed by atoms with Crippen LogP contribution in [0.2, 0.25) is 0 Å². The number of benzene rings is 1. The van der Waals surface area contributed by atoms with Crippen LogP contribution in [0.3, 0.4) is 0 Å². The van der Waals surface area contributed by atoms with Crippen molar-refractivity contribution in [2.24, 2.45) is 11.3 Å². The van der Waals surface area contributed by atoms with Gasteiger partial charge in [-0.05, 0) is 49.3 Å². The summed E-state index contributed by atoms with van der Waals surface area (Å²) in [5.41, 5.74) is 7.82. The molecule has 0 aliphatic heterocycles. The summed E-state index contributed by atoms with van der Waals surface area (Å²) in [6, 6.07) is 5.90. The third-order valence-electron chi connectivity index (χ3n) is 5.64. The Morgan fingerprint density at radius 1 is 0.963 bits per heavy atom. The Labute approximate surface area is 168 Å². The van der Waals surface area contributed by atoms with Crippen LogP contribution in [-0.2, 0) is 11.3 Å². The number of hydrogen-bond acceptors (Lipinski definition) is 3. The number of nitrogens with two attached hydrogens (primary N) is 1. The van der Waals surface area contributed by atoms with Gasteiger partial charge >= 0.3 is 0 Å². The smallest absolute Gasteiger partial charge is 0.141 e. The maximum absolute atomic E-state index is 6.43. The summed E-state index contributed by atoms with van der Waals surface area (Å²) in [5.74, 6) is 1.22. The van der Waals surface area contributed by atoms with E-state index < -0.39 is 0 Å². The summed E-state index contributed by atoms with van der Waals surface area (Å²) in [6.07, 6.45) is 9.23. The molecule has 3 heteroatoms. The number of rotatable bonds is 12. The molecule has 0 radical (unpaired) electrons. The molecule has 1 aromatic carbocycles. The Morgan fingerprint density at radius 3 is 2.15 bits per heavy atom. The molecule has 0 bridgehead atoms. The van der Waals surface area contributed by atoms with E-state index in [4.69, 9.17) is 15.2 Å². The minimum Gasteiger partial charge on any atom is -0.495 e. The van der Waals surface area contributed by atoms with E-state index in [-0.39, 0.29) is 11.0 Å². The molecule has 3 nitrogen and oxygen atoms in total. The van der Waals surface area contributed by atoms with E-state index in [1.807, 2.05) is 18.2 Å². The van der Waals surface area contributed by atoms with Gasteiger partial charge in [0.2, 0.25) is 0 Å². The van der Waals surface area contributed by atoms with Crippen LogP contribution < -0.4 is 10.5 Å². The van der Waals surface area contributed by atoms with Crippen molar-refractivity contribution in [3.8, 4) is 5.75 Å². The summed E-state index contributed by atoms with van der Waals surface area (Å²) in [4.78, 5) is 0. The highest BCUT2D eigenvalue weighted by Gasteiger charge is 2.38. The van der Waals surface area contributed by atoms with E-state index >= 15 is 0 Å². The first-order valence-corrected chi connectivity index (χ1v) is 10.7. The third-order valence-corrected chi connectivity index (χ3v) is 5.64. The summed E-state index contributed by atoms with van der Waals surface area (Å²) in [5, 5.41) is 0. The summed E-state index contributed by atoms with van der Waals surface area (Å²) in [7, 11) is 1.64. The zero-order valence-corrected chi connectivity index (χ0v) is 18.9. The highest BCUT2D eigenvalue weighted by Crippen LogP contribution is 2.41. The van der Waals surface area contributed by atoms with Gasteiger partial charge in [-0.1, -0.05) is 72.3 Å². The number of nitrogen functional groups attached to an aromatic ring is 1. The van der Waals surface area contributed by atoms with Gasteiger partial charge in [-0.15, -0.1) is 0 Å². The molecule has 0 aliphatic carbocycles. The molecule has 0 saturated heterocycles. The van der Waals surface area contributed by atoms with Crippen LogP contribution >= 0.6 is 0 Å². The lowest BCUT2D eigenvalue weighted by atomic mass is 9.69. The van der Waals surface area contributed by atoms with Gasteiger partial charge in [-0.2, -0.15) is 0 Å². The van der Waals surface area contributed by atoms with Crippen LogP contribution in [0.15, 0.2) is 18.2 Å². The van der Waals surface area contributed by atoms with Crippen molar-refractivity contribution in [3.05, 3.63) is 23.8 Å².